The first kappa shape index (κ1) is 18.2. The lowest BCUT2D eigenvalue weighted by molar-refractivity contribution is 0.341. The molecule has 0 fully saturated rings. The second kappa shape index (κ2) is 7.36. The van der Waals surface area contributed by atoms with Crippen LogP contribution >= 0.6 is 11.3 Å². The molecule has 3 rings (SSSR count). The molecule has 26 heavy (non-hydrogen) atoms. The first-order valence-corrected chi connectivity index (χ1v) is 10.3. The van der Waals surface area contributed by atoms with Crippen molar-refractivity contribution in [3.05, 3.63) is 52.8 Å². The second-order valence-electron chi connectivity index (χ2n) is 5.62. The number of nitrogens with zero attached hydrogens (tertiary/aromatic N) is 2. The van der Waals surface area contributed by atoms with Gasteiger partial charge in [0.1, 0.15) is 5.75 Å². The summed E-state index contributed by atoms with van der Waals surface area (Å²) in [5.74, 6) is 3.28. The number of aryl methyl sites for hydroxylation is 1. The zero-order chi connectivity index (χ0) is 18.7. The van der Waals surface area contributed by atoms with E-state index in [1.165, 1.54) is 11.3 Å². The third-order valence-electron chi connectivity index (χ3n) is 3.73. The van der Waals surface area contributed by atoms with Crippen molar-refractivity contribution in [1.82, 2.24) is 4.57 Å². The Bertz CT molecular complexity index is 1150. The lowest BCUT2D eigenvalue weighted by atomic mass is 10.2. The highest BCUT2D eigenvalue weighted by molar-refractivity contribution is 7.90. The zero-order valence-electron chi connectivity index (χ0n) is 14.5. The van der Waals surface area contributed by atoms with Crippen LogP contribution in [0.1, 0.15) is 12.5 Å². The number of fused-ring (bicyclic) bond motifs is 1. The molecule has 0 aliphatic carbocycles. The van der Waals surface area contributed by atoms with Gasteiger partial charge in [-0.3, -0.25) is 0 Å². The predicted molar refractivity (Wildman–Crippen MR) is 104 cm³/mol. The summed E-state index contributed by atoms with van der Waals surface area (Å²) in [7, 11) is -3.82. The summed E-state index contributed by atoms with van der Waals surface area (Å²) >= 11 is 1.27. The van der Waals surface area contributed by atoms with E-state index >= 15 is 0 Å². The number of aromatic nitrogens is 1. The summed E-state index contributed by atoms with van der Waals surface area (Å²) in [5, 5.41) is 0. The SMILES string of the molecule is C#CCn1c(=NS(=O)(=O)c2ccc(C)cc2)sc2cc(OCC)ccc21. The molecule has 0 N–H and O–H groups in total. The zero-order valence-corrected chi connectivity index (χ0v) is 16.1. The molecule has 1 aromatic heterocycles. The lowest BCUT2D eigenvalue weighted by Crippen LogP contribution is -2.16. The van der Waals surface area contributed by atoms with Gasteiger partial charge in [-0.15, -0.1) is 10.8 Å². The maximum absolute atomic E-state index is 12.7. The third-order valence-corrected chi connectivity index (χ3v) is 6.17. The van der Waals surface area contributed by atoms with Gasteiger partial charge in [0.25, 0.3) is 10.0 Å². The number of rotatable bonds is 5. The fourth-order valence-electron chi connectivity index (χ4n) is 2.49. The van der Waals surface area contributed by atoms with Gasteiger partial charge in [-0.1, -0.05) is 35.0 Å². The molecule has 0 amide bonds. The van der Waals surface area contributed by atoms with Crippen LogP contribution in [-0.2, 0) is 16.6 Å². The average Bonchev–Trinajstić information content (AvgIpc) is 2.92. The van der Waals surface area contributed by atoms with Crippen LogP contribution in [0.2, 0.25) is 0 Å². The van der Waals surface area contributed by atoms with Crippen LogP contribution < -0.4 is 9.54 Å². The fraction of sp³-hybridized carbons (Fsp3) is 0.211. The van der Waals surface area contributed by atoms with Crippen molar-refractivity contribution in [2.24, 2.45) is 4.40 Å². The number of sulfonamides is 1. The smallest absolute Gasteiger partial charge is 0.285 e. The quantitative estimate of drug-likeness (QED) is 0.632. The minimum Gasteiger partial charge on any atom is -0.494 e. The van der Waals surface area contributed by atoms with Crippen LogP contribution in [-0.4, -0.2) is 19.6 Å². The third kappa shape index (κ3) is 3.66. The van der Waals surface area contributed by atoms with Crippen molar-refractivity contribution in [2.75, 3.05) is 6.61 Å². The molecule has 3 aromatic rings. The highest BCUT2D eigenvalue weighted by Crippen LogP contribution is 2.24. The molecule has 7 heteroatoms. The Balaban J connectivity index is 2.19. The van der Waals surface area contributed by atoms with E-state index in [9.17, 15) is 8.42 Å². The molecule has 0 saturated heterocycles. The van der Waals surface area contributed by atoms with Gasteiger partial charge in [-0.25, -0.2) is 0 Å². The Kier molecular flexibility index (Phi) is 5.16. The summed E-state index contributed by atoms with van der Waals surface area (Å²) in [6.07, 6.45) is 5.47. The van der Waals surface area contributed by atoms with Gasteiger partial charge in [-0.2, -0.15) is 8.42 Å². The van der Waals surface area contributed by atoms with Gasteiger partial charge in [0, 0.05) is 0 Å². The molecule has 0 aliphatic rings. The molecule has 0 saturated carbocycles. The molecule has 1 heterocycles. The molecule has 0 atom stereocenters. The molecule has 0 bridgehead atoms. The van der Waals surface area contributed by atoms with E-state index in [1.807, 2.05) is 32.0 Å². The molecule has 134 valence electrons. The minimum atomic E-state index is -3.82. The van der Waals surface area contributed by atoms with Gasteiger partial charge in [0.2, 0.25) is 4.80 Å². The first-order valence-electron chi connectivity index (χ1n) is 8.02. The maximum atomic E-state index is 12.7. The van der Waals surface area contributed by atoms with Gasteiger partial charge < -0.3 is 9.30 Å². The number of terminal acetylenes is 1. The number of hydrogen-bond donors (Lipinski definition) is 0. The summed E-state index contributed by atoms with van der Waals surface area (Å²) in [5.41, 5.74) is 1.81. The molecule has 0 spiro atoms. The van der Waals surface area contributed by atoms with Gasteiger partial charge in [0.05, 0.1) is 28.3 Å². The van der Waals surface area contributed by atoms with E-state index in [0.29, 0.717) is 11.4 Å². The summed E-state index contributed by atoms with van der Waals surface area (Å²) in [4.78, 5) is 0.495. The Hall–Kier alpha value is -2.56. The maximum Gasteiger partial charge on any atom is 0.285 e. The van der Waals surface area contributed by atoms with Crippen LogP contribution in [0.15, 0.2) is 51.8 Å². The van der Waals surface area contributed by atoms with Gasteiger partial charge in [0.15, 0.2) is 0 Å². The van der Waals surface area contributed by atoms with Crippen LogP contribution in [0.3, 0.4) is 0 Å². The van der Waals surface area contributed by atoms with Crippen LogP contribution in [0.25, 0.3) is 10.2 Å². The molecule has 2 aromatic carbocycles. The fourth-order valence-corrected chi connectivity index (χ4v) is 4.75. The highest BCUT2D eigenvalue weighted by Gasteiger charge is 2.15. The Morgan fingerprint density at radius 3 is 2.62 bits per heavy atom. The molecule has 0 radical (unpaired) electrons. The molecule has 5 nitrogen and oxygen atoms in total. The van der Waals surface area contributed by atoms with E-state index in [0.717, 1.165) is 21.5 Å². The molecular weight excluding hydrogens is 368 g/mol. The van der Waals surface area contributed by atoms with Crippen molar-refractivity contribution in [3.8, 4) is 18.1 Å². The monoisotopic (exact) mass is 386 g/mol. The molecule has 0 unspecified atom stereocenters. The van der Waals surface area contributed by atoms with Crippen LogP contribution in [0.5, 0.6) is 5.75 Å². The highest BCUT2D eigenvalue weighted by atomic mass is 32.2. The van der Waals surface area contributed by atoms with Crippen molar-refractivity contribution < 1.29 is 13.2 Å². The van der Waals surface area contributed by atoms with E-state index in [-0.39, 0.29) is 11.4 Å². The van der Waals surface area contributed by atoms with Crippen molar-refractivity contribution in [3.63, 3.8) is 0 Å². The van der Waals surface area contributed by atoms with E-state index in [4.69, 9.17) is 11.2 Å². The van der Waals surface area contributed by atoms with Crippen LogP contribution in [0, 0.1) is 19.3 Å². The van der Waals surface area contributed by atoms with Crippen molar-refractivity contribution >= 4 is 31.6 Å². The predicted octanol–water partition coefficient (Wildman–Crippen LogP) is 3.33. The van der Waals surface area contributed by atoms with Gasteiger partial charge in [-0.05, 0) is 44.2 Å². The molecular formula is C19H18N2O3S2. The Labute approximate surface area is 156 Å². The van der Waals surface area contributed by atoms with E-state index < -0.39 is 10.0 Å². The summed E-state index contributed by atoms with van der Waals surface area (Å²) < 4.78 is 37.5. The minimum absolute atomic E-state index is 0.155. The Morgan fingerprint density at radius 1 is 1.23 bits per heavy atom. The van der Waals surface area contributed by atoms with E-state index in [2.05, 4.69) is 10.3 Å². The first-order chi connectivity index (χ1) is 12.4. The summed E-state index contributed by atoms with van der Waals surface area (Å²) in [6.45, 7) is 4.60. The van der Waals surface area contributed by atoms with Crippen molar-refractivity contribution in [2.45, 2.75) is 25.3 Å². The largest absolute Gasteiger partial charge is 0.494 e. The topological polar surface area (TPSA) is 60.7 Å². The Morgan fingerprint density at radius 2 is 1.96 bits per heavy atom. The van der Waals surface area contributed by atoms with Gasteiger partial charge >= 0.3 is 0 Å². The van der Waals surface area contributed by atoms with E-state index in [1.54, 1.807) is 28.8 Å². The lowest BCUT2D eigenvalue weighted by Gasteiger charge is -2.03. The second-order valence-corrected chi connectivity index (χ2v) is 8.23. The average molecular weight is 386 g/mol. The van der Waals surface area contributed by atoms with Crippen molar-refractivity contribution in [1.29, 1.82) is 0 Å². The number of thiazole rings is 1. The number of benzene rings is 2. The summed E-state index contributed by atoms with van der Waals surface area (Å²) in [6, 6.07) is 12.2. The number of hydrogen-bond acceptors (Lipinski definition) is 4. The number of ether oxygens (including phenoxy) is 1. The normalized spacial score (nSPS) is 12.3. The van der Waals surface area contributed by atoms with Crippen LogP contribution in [0.4, 0.5) is 0 Å². The standard InChI is InChI=1S/C19H18N2O3S2/c1-4-12-21-17-11-8-15(24-5-2)13-18(17)25-19(21)20-26(22,23)16-9-6-14(3)7-10-16/h1,6-11,13H,5,12H2,2-3H3. The molecule has 0 aliphatic heterocycles.